The first-order chi connectivity index (χ1) is 16.9. The Morgan fingerprint density at radius 2 is 1.83 bits per heavy atom. The number of amides is 1. The van der Waals surface area contributed by atoms with Crippen molar-refractivity contribution in [3.05, 3.63) is 24.4 Å². The number of ether oxygens (including phenoxy) is 1. The van der Waals surface area contributed by atoms with Crippen molar-refractivity contribution >= 4 is 34.7 Å². The van der Waals surface area contributed by atoms with E-state index in [4.69, 9.17) is 9.72 Å². The fourth-order valence-corrected chi connectivity index (χ4v) is 5.60. The molecule has 5 rings (SSSR count). The van der Waals surface area contributed by atoms with Crippen LogP contribution in [0.5, 0.6) is 5.75 Å². The van der Waals surface area contributed by atoms with E-state index in [-0.39, 0.29) is 11.9 Å². The maximum atomic E-state index is 12.9. The number of likely N-dealkylation sites (N-methyl/N-ethyl adjacent to an activating group) is 1. The fraction of sp³-hybridized carbons (Fsp3) is 0.577. The van der Waals surface area contributed by atoms with Gasteiger partial charge in [-0.3, -0.25) is 9.69 Å². The zero-order chi connectivity index (χ0) is 24.5. The number of nitrogens with zero attached hydrogens (tertiary/aromatic N) is 6. The molecule has 1 N–H and O–H groups in total. The van der Waals surface area contributed by atoms with Crippen molar-refractivity contribution in [2.24, 2.45) is 0 Å². The van der Waals surface area contributed by atoms with Crippen LogP contribution in [0.15, 0.2) is 24.4 Å². The van der Waals surface area contributed by atoms with E-state index in [1.165, 1.54) is 12.8 Å². The standard InChI is InChI=1S/C26H37N7O2/c1-18-15-24(34)31(3)25-22(33(18)19-7-5-6-8-19)17-27-26(29-25)28-21-10-9-20(16-23(21)35-4)32-13-11-30(2)12-14-32/h9-10,16-19H,5-8,11-15H2,1-4H3,(H,27,28,29). The minimum absolute atomic E-state index is 0.0815. The molecule has 0 spiro atoms. The van der Waals surface area contributed by atoms with Crippen molar-refractivity contribution in [1.82, 2.24) is 14.9 Å². The Morgan fingerprint density at radius 1 is 1.09 bits per heavy atom. The highest BCUT2D eigenvalue weighted by atomic mass is 16.5. The van der Waals surface area contributed by atoms with Crippen LogP contribution in [-0.4, -0.2) is 80.2 Å². The van der Waals surface area contributed by atoms with Crippen LogP contribution >= 0.6 is 0 Å². The zero-order valence-electron chi connectivity index (χ0n) is 21.3. The van der Waals surface area contributed by atoms with Gasteiger partial charge in [0.25, 0.3) is 0 Å². The lowest BCUT2D eigenvalue weighted by molar-refractivity contribution is -0.118. The Kier molecular flexibility index (Phi) is 6.69. The van der Waals surface area contributed by atoms with Gasteiger partial charge in [0.15, 0.2) is 5.82 Å². The summed E-state index contributed by atoms with van der Waals surface area (Å²) in [5.41, 5.74) is 2.89. The molecular weight excluding hydrogens is 442 g/mol. The SMILES string of the molecule is COc1cc(N2CCN(C)CC2)ccc1Nc1ncc2c(n1)N(C)C(=O)CC(C)N2C1CCCC1. The van der Waals surface area contributed by atoms with Crippen LogP contribution in [0.2, 0.25) is 0 Å². The molecule has 9 nitrogen and oxygen atoms in total. The molecule has 3 heterocycles. The van der Waals surface area contributed by atoms with Gasteiger partial charge in [0.1, 0.15) is 5.75 Å². The quantitative estimate of drug-likeness (QED) is 0.699. The molecule has 1 unspecified atom stereocenters. The smallest absolute Gasteiger partial charge is 0.229 e. The predicted molar refractivity (Wildman–Crippen MR) is 140 cm³/mol. The Bertz CT molecular complexity index is 1060. The minimum Gasteiger partial charge on any atom is -0.494 e. The highest BCUT2D eigenvalue weighted by molar-refractivity contribution is 5.97. The van der Waals surface area contributed by atoms with Gasteiger partial charge in [-0.1, -0.05) is 12.8 Å². The molecule has 188 valence electrons. The van der Waals surface area contributed by atoms with Crippen LogP contribution in [0.25, 0.3) is 0 Å². The summed E-state index contributed by atoms with van der Waals surface area (Å²) in [6.07, 6.45) is 7.12. The lowest BCUT2D eigenvalue weighted by Gasteiger charge is -2.35. The molecule has 1 saturated carbocycles. The summed E-state index contributed by atoms with van der Waals surface area (Å²) in [6, 6.07) is 6.75. The monoisotopic (exact) mass is 479 g/mol. The highest BCUT2D eigenvalue weighted by Crippen LogP contribution is 2.39. The number of rotatable bonds is 5. The van der Waals surface area contributed by atoms with E-state index in [2.05, 4.69) is 51.1 Å². The van der Waals surface area contributed by atoms with Gasteiger partial charge in [0, 0.05) is 63.5 Å². The fourth-order valence-electron chi connectivity index (χ4n) is 5.60. The van der Waals surface area contributed by atoms with Gasteiger partial charge < -0.3 is 24.8 Å². The van der Waals surface area contributed by atoms with E-state index >= 15 is 0 Å². The molecule has 1 saturated heterocycles. The van der Waals surface area contributed by atoms with Crippen molar-refractivity contribution in [3.8, 4) is 5.75 Å². The molecule has 2 aromatic rings. The minimum atomic E-state index is 0.0815. The average molecular weight is 480 g/mol. The number of benzene rings is 1. The lowest BCUT2D eigenvalue weighted by Crippen LogP contribution is -2.44. The molecule has 1 atom stereocenters. The summed E-state index contributed by atoms with van der Waals surface area (Å²) >= 11 is 0. The third-order valence-corrected chi connectivity index (χ3v) is 7.68. The van der Waals surface area contributed by atoms with Crippen LogP contribution < -0.4 is 24.8 Å². The Labute approximate surface area is 208 Å². The van der Waals surface area contributed by atoms with Gasteiger partial charge in [-0.15, -0.1) is 0 Å². The molecule has 0 bridgehead atoms. The molecule has 1 amide bonds. The van der Waals surface area contributed by atoms with Crippen molar-refractivity contribution in [1.29, 1.82) is 0 Å². The van der Waals surface area contributed by atoms with Crippen molar-refractivity contribution in [2.45, 2.75) is 51.1 Å². The molecule has 1 aromatic heterocycles. The first kappa shape index (κ1) is 23.7. The molecule has 1 aromatic carbocycles. The number of nitrogens with one attached hydrogen (secondary N) is 1. The van der Waals surface area contributed by atoms with Crippen LogP contribution in [0, 0.1) is 0 Å². The number of hydrogen-bond donors (Lipinski definition) is 1. The summed E-state index contributed by atoms with van der Waals surface area (Å²) in [6.45, 7) is 6.23. The maximum absolute atomic E-state index is 12.9. The van der Waals surface area contributed by atoms with Crippen LogP contribution in [0.1, 0.15) is 39.0 Å². The lowest BCUT2D eigenvalue weighted by atomic mass is 10.1. The molecule has 35 heavy (non-hydrogen) atoms. The second-order valence-electron chi connectivity index (χ2n) is 10.1. The van der Waals surface area contributed by atoms with E-state index < -0.39 is 0 Å². The predicted octanol–water partition coefficient (Wildman–Crippen LogP) is 3.48. The summed E-state index contributed by atoms with van der Waals surface area (Å²) in [7, 11) is 5.65. The zero-order valence-corrected chi connectivity index (χ0v) is 21.3. The van der Waals surface area contributed by atoms with E-state index in [9.17, 15) is 4.79 Å². The Hall–Kier alpha value is -3.07. The summed E-state index contributed by atoms with van der Waals surface area (Å²) in [5.74, 6) is 1.94. The van der Waals surface area contributed by atoms with Crippen LogP contribution in [-0.2, 0) is 4.79 Å². The Balaban J connectivity index is 1.42. The largest absolute Gasteiger partial charge is 0.494 e. The number of piperazine rings is 1. The topological polar surface area (TPSA) is 77.1 Å². The first-order valence-corrected chi connectivity index (χ1v) is 12.7. The third kappa shape index (κ3) is 4.74. The molecule has 0 radical (unpaired) electrons. The van der Waals surface area contributed by atoms with Gasteiger partial charge in [-0.2, -0.15) is 4.98 Å². The van der Waals surface area contributed by atoms with Crippen LogP contribution in [0.4, 0.5) is 28.8 Å². The van der Waals surface area contributed by atoms with Crippen molar-refractivity contribution < 1.29 is 9.53 Å². The number of aromatic nitrogens is 2. The number of carbonyl (C=O) groups excluding carboxylic acids is 1. The molecule has 2 aliphatic heterocycles. The second-order valence-corrected chi connectivity index (χ2v) is 10.1. The van der Waals surface area contributed by atoms with E-state index in [0.29, 0.717) is 24.2 Å². The molecule has 9 heteroatoms. The molecule has 1 aliphatic carbocycles. The number of hydrogen-bond acceptors (Lipinski definition) is 8. The van der Waals surface area contributed by atoms with Gasteiger partial charge in [-0.25, -0.2) is 4.98 Å². The number of fused-ring (bicyclic) bond motifs is 1. The highest BCUT2D eigenvalue weighted by Gasteiger charge is 2.35. The van der Waals surface area contributed by atoms with Gasteiger partial charge in [-0.05, 0) is 38.9 Å². The average Bonchev–Trinajstić information content (AvgIpc) is 3.36. The number of carbonyl (C=O) groups is 1. The molecule has 2 fully saturated rings. The summed E-state index contributed by atoms with van der Waals surface area (Å²) in [4.78, 5) is 31.2. The molecule has 3 aliphatic rings. The number of anilines is 5. The summed E-state index contributed by atoms with van der Waals surface area (Å²) < 4.78 is 5.71. The second kappa shape index (κ2) is 9.89. The summed E-state index contributed by atoms with van der Waals surface area (Å²) in [5, 5.41) is 3.33. The first-order valence-electron chi connectivity index (χ1n) is 12.7. The van der Waals surface area contributed by atoms with E-state index in [1.807, 2.05) is 19.3 Å². The van der Waals surface area contributed by atoms with Crippen molar-refractivity contribution in [3.63, 3.8) is 0 Å². The Morgan fingerprint density at radius 3 is 2.54 bits per heavy atom. The van der Waals surface area contributed by atoms with Gasteiger partial charge in [0.2, 0.25) is 11.9 Å². The maximum Gasteiger partial charge on any atom is 0.229 e. The van der Waals surface area contributed by atoms with Crippen molar-refractivity contribution in [2.75, 3.05) is 67.4 Å². The van der Waals surface area contributed by atoms with Crippen LogP contribution in [0.3, 0.4) is 0 Å². The third-order valence-electron chi connectivity index (χ3n) is 7.68. The van der Waals surface area contributed by atoms with E-state index in [1.54, 1.807) is 12.0 Å². The van der Waals surface area contributed by atoms with Gasteiger partial charge in [0.05, 0.1) is 24.7 Å². The van der Waals surface area contributed by atoms with Gasteiger partial charge >= 0.3 is 0 Å². The normalized spacial score (nSPS) is 21.8. The number of methoxy groups -OCH3 is 1. The molecular formula is C26H37N7O2. The van der Waals surface area contributed by atoms with E-state index in [0.717, 1.165) is 61.8 Å².